The lowest BCUT2D eigenvalue weighted by Crippen LogP contribution is -2.24. The average molecular weight is 510 g/mol. The van der Waals surface area contributed by atoms with Gasteiger partial charge in [-0.25, -0.2) is 4.39 Å². The second kappa shape index (κ2) is 10.9. The number of hydrogen-bond acceptors (Lipinski definition) is 5. The molecule has 0 atom stereocenters. The molecule has 0 fully saturated rings. The number of para-hydroxylation sites is 2. The lowest BCUT2D eigenvalue weighted by Gasteiger charge is -2.12. The van der Waals surface area contributed by atoms with Gasteiger partial charge in [-0.3, -0.25) is 9.59 Å². The number of hydrogen-bond donors (Lipinski definition) is 3. The van der Waals surface area contributed by atoms with E-state index in [-0.39, 0.29) is 31.0 Å². The molecule has 0 saturated carbocycles. The van der Waals surface area contributed by atoms with E-state index in [9.17, 15) is 14.0 Å². The Balaban J connectivity index is 1.30. The molecular formula is C30H24FN3O4. The van der Waals surface area contributed by atoms with Gasteiger partial charge in [-0.1, -0.05) is 42.5 Å². The summed E-state index contributed by atoms with van der Waals surface area (Å²) in [5.41, 5.74) is 9.86. The molecular weight excluding hydrogens is 485 g/mol. The highest BCUT2D eigenvalue weighted by molar-refractivity contribution is 6.24. The van der Waals surface area contributed by atoms with E-state index >= 15 is 0 Å². The van der Waals surface area contributed by atoms with Crippen LogP contribution in [0.15, 0.2) is 91.0 Å². The summed E-state index contributed by atoms with van der Waals surface area (Å²) >= 11 is 0. The maximum atomic E-state index is 13.4. The van der Waals surface area contributed by atoms with Gasteiger partial charge in [-0.2, -0.15) is 0 Å². The highest BCUT2D eigenvalue weighted by Gasteiger charge is 2.18. The zero-order chi connectivity index (χ0) is 26.5. The van der Waals surface area contributed by atoms with E-state index in [2.05, 4.69) is 10.6 Å². The van der Waals surface area contributed by atoms with Crippen molar-refractivity contribution in [2.45, 2.75) is 6.54 Å². The molecule has 0 spiro atoms. The second-order valence-electron chi connectivity index (χ2n) is 8.60. The molecule has 0 unspecified atom stereocenters. The predicted octanol–water partition coefficient (Wildman–Crippen LogP) is 5.25. The summed E-state index contributed by atoms with van der Waals surface area (Å²) in [5.74, 6) is 0.182. The molecule has 0 aromatic heterocycles. The molecule has 1 aliphatic rings. The van der Waals surface area contributed by atoms with Crippen molar-refractivity contribution < 1.29 is 23.5 Å². The Hall–Kier alpha value is -5.11. The van der Waals surface area contributed by atoms with Gasteiger partial charge in [0.15, 0.2) is 11.5 Å². The third-order valence-electron chi connectivity index (χ3n) is 5.99. The van der Waals surface area contributed by atoms with Crippen molar-refractivity contribution >= 4 is 34.8 Å². The van der Waals surface area contributed by atoms with Crippen LogP contribution < -0.4 is 25.8 Å². The van der Waals surface area contributed by atoms with Crippen LogP contribution in [-0.2, 0) is 11.3 Å². The summed E-state index contributed by atoms with van der Waals surface area (Å²) < 4.78 is 24.3. The number of nitrogens with one attached hydrogen (secondary N) is 2. The van der Waals surface area contributed by atoms with E-state index in [1.165, 1.54) is 12.1 Å². The van der Waals surface area contributed by atoms with Crippen LogP contribution in [0.2, 0.25) is 0 Å². The van der Waals surface area contributed by atoms with Crippen molar-refractivity contribution in [2.75, 3.05) is 17.8 Å². The van der Waals surface area contributed by atoms with Gasteiger partial charge in [-0.15, -0.1) is 0 Å². The van der Waals surface area contributed by atoms with E-state index in [0.29, 0.717) is 45.1 Å². The number of halogens is 1. The summed E-state index contributed by atoms with van der Waals surface area (Å²) in [6.07, 6.45) is 1.69. The summed E-state index contributed by atoms with van der Waals surface area (Å²) in [7, 11) is 0. The molecule has 7 nitrogen and oxygen atoms in total. The number of nitrogen functional groups attached to an aromatic ring is 1. The first-order valence-electron chi connectivity index (χ1n) is 11.9. The zero-order valence-electron chi connectivity index (χ0n) is 20.2. The monoisotopic (exact) mass is 509 g/mol. The molecule has 4 aromatic rings. The van der Waals surface area contributed by atoms with Gasteiger partial charge >= 0.3 is 0 Å². The fraction of sp³-hybridized carbons (Fsp3) is 0.0667. The minimum Gasteiger partial charge on any atom is -0.454 e. The number of carbonyl (C=O) groups is 2. The summed E-state index contributed by atoms with van der Waals surface area (Å²) in [5, 5.41) is 5.71. The van der Waals surface area contributed by atoms with Crippen LogP contribution in [-0.4, -0.2) is 18.6 Å². The highest BCUT2D eigenvalue weighted by Crippen LogP contribution is 2.35. The average Bonchev–Trinajstić information content (AvgIpc) is 3.41. The third-order valence-corrected chi connectivity index (χ3v) is 5.99. The van der Waals surface area contributed by atoms with Gasteiger partial charge in [0.1, 0.15) is 5.82 Å². The van der Waals surface area contributed by atoms with Crippen LogP contribution in [0.25, 0.3) is 11.6 Å². The van der Waals surface area contributed by atoms with Crippen LogP contribution in [0.3, 0.4) is 0 Å². The maximum absolute atomic E-state index is 13.4. The topological polar surface area (TPSA) is 103 Å². The number of anilines is 2. The van der Waals surface area contributed by atoms with E-state index in [0.717, 1.165) is 5.56 Å². The van der Waals surface area contributed by atoms with Crippen molar-refractivity contribution in [3.05, 3.63) is 119 Å². The smallest absolute Gasteiger partial charge is 0.255 e. The summed E-state index contributed by atoms with van der Waals surface area (Å²) in [6, 6.07) is 25.1. The first kappa shape index (κ1) is 24.6. The number of carbonyl (C=O) groups excluding carboxylic acids is 2. The fourth-order valence-corrected chi connectivity index (χ4v) is 3.93. The Kier molecular flexibility index (Phi) is 7.04. The van der Waals surface area contributed by atoms with E-state index in [1.54, 1.807) is 84.9 Å². The molecule has 0 saturated heterocycles. The third kappa shape index (κ3) is 5.65. The largest absolute Gasteiger partial charge is 0.454 e. The molecule has 1 aliphatic heterocycles. The number of nitrogens with two attached hydrogens (primary N) is 1. The van der Waals surface area contributed by atoms with Crippen LogP contribution in [0.4, 0.5) is 15.8 Å². The molecule has 0 radical (unpaired) electrons. The van der Waals surface area contributed by atoms with Crippen molar-refractivity contribution in [3.8, 4) is 11.5 Å². The first-order chi connectivity index (χ1) is 18.5. The normalized spacial score (nSPS) is 12.2. The van der Waals surface area contributed by atoms with Crippen LogP contribution >= 0.6 is 0 Å². The number of amides is 2. The molecule has 0 bridgehead atoms. The van der Waals surface area contributed by atoms with Gasteiger partial charge in [0.2, 0.25) is 6.79 Å². The van der Waals surface area contributed by atoms with Gasteiger partial charge in [0.05, 0.1) is 11.4 Å². The molecule has 5 rings (SSSR count). The highest BCUT2D eigenvalue weighted by atomic mass is 19.1. The van der Waals surface area contributed by atoms with Crippen LogP contribution in [0.1, 0.15) is 27.0 Å². The fourth-order valence-electron chi connectivity index (χ4n) is 3.93. The first-order valence-corrected chi connectivity index (χ1v) is 11.9. The predicted molar refractivity (Wildman–Crippen MR) is 144 cm³/mol. The van der Waals surface area contributed by atoms with Gasteiger partial charge in [0.25, 0.3) is 11.8 Å². The minimum absolute atomic E-state index is 0.120. The summed E-state index contributed by atoms with van der Waals surface area (Å²) in [4.78, 5) is 25.9. The van der Waals surface area contributed by atoms with Crippen molar-refractivity contribution in [1.82, 2.24) is 5.32 Å². The van der Waals surface area contributed by atoms with Crippen molar-refractivity contribution in [2.24, 2.45) is 0 Å². The molecule has 190 valence electrons. The van der Waals surface area contributed by atoms with E-state index in [4.69, 9.17) is 15.2 Å². The summed E-state index contributed by atoms with van der Waals surface area (Å²) in [6.45, 7) is 0.354. The maximum Gasteiger partial charge on any atom is 0.255 e. The Morgan fingerprint density at radius 1 is 0.868 bits per heavy atom. The van der Waals surface area contributed by atoms with E-state index in [1.807, 2.05) is 0 Å². The number of rotatable bonds is 7. The molecule has 4 aromatic carbocycles. The van der Waals surface area contributed by atoms with Gasteiger partial charge in [0, 0.05) is 17.7 Å². The Bertz CT molecular complexity index is 1520. The zero-order valence-corrected chi connectivity index (χ0v) is 20.2. The van der Waals surface area contributed by atoms with Crippen LogP contribution in [0.5, 0.6) is 11.5 Å². The van der Waals surface area contributed by atoms with E-state index < -0.39 is 0 Å². The number of benzene rings is 4. The lowest BCUT2D eigenvalue weighted by atomic mass is 10.0. The Labute approximate surface area is 218 Å². The molecule has 8 heteroatoms. The standard InChI is InChI=1S/C30H24FN3O4/c31-23-12-7-19(8-13-23)15-24(22-11-14-27-28(16-22)38-18-37-27)30(36)33-17-20-5-9-21(10-6-20)29(35)34-26-4-2-1-3-25(26)32/h1-16H,17-18,32H2,(H,33,36)(H,34,35). The van der Waals surface area contributed by atoms with Crippen LogP contribution in [0, 0.1) is 5.82 Å². The minimum atomic E-state index is -0.361. The Morgan fingerprint density at radius 3 is 2.34 bits per heavy atom. The molecule has 0 aliphatic carbocycles. The van der Waals surface area contributed by atoms with Gasteiger partial charge < -0.3 is 25.8 Å². The van der Waals surface area contributed by atoms with Crippen molar-refractivity contribution in [1.29, 1.82) is 0 Å². The second-order valence-corrected chi connectivity index (χ2v) is 8.60. The molecule has 4 N–H and O–H groups in total. The Morgan fingerprint density at radius 2 is 1.58 bits per heavy atom. The molecule has 1 heterocycles. The SMILES string of the molecule is Nc1ccccc1NC(=O)c1ccc(CNC(=O)C(=Cc2ccc(F)cc2)c2ccc3c(c2)OCO3)cc1. The quantitative estimate of drug-likeness (QED) is 0.180. The van der Waals surface area contributed by atoms with Gasteiger partial charge in [-0.05, 0) is 71.3 Å². The lowest BCUT2D eigenvalue weighted by molar-refractivity contribution is -0.115. The molecule has 38 heavy (non-hydrogen) atoms. The number of fused-ring (bicyclic) bond motifs is 1. The van der Waals surface area contributed by atoms with Crippen molar-refractivity contribution in [3.63, 3.8) is 0 Å². The number of ether oxygens (including phenoxy) is 2. The molecule has 2 amide bonds.